The molecule has 0 radical (unpaired) electrons. The van der Waals surface area contributed by atoms with E-state index in [-0.39, 0.29) is 24.8 Å². The third-order valence-corrected chi connectivity index (χ3v) is 4.81. The molecule has 0 N–H and O–H groups in total. The van der Waals surface area contributed by atoms with Gasteiger partial charge in [0.1, 0.15) is 11.4 Å². The number of hydrogen-bond acceptors (Lipinski definition) is 5. The van der Waals surface area contributed by atoms with Crippen LogP contribution in [0.1, 0.15) is 22.3 Å². The summed E-state index contributed by atoms with van der Waals surface area (Å²) in [6, 6.07) is 15.3. The zero-order valence-electron chi connectivity index (χ0n) is 17.6. The average Bonchev–Trinajstić information content (AvgIpc) is 3.22. The Hall–Kier alpha value is -3.61. The Morgan fingerprint density at radius 2 is 1.83 bits per heavy atom. The van der Waals surface area contributed by atoms with Crippen LogP contribution in [0.25, 0.3) is 16.9 Å². The number of carbonyl (C=O) groups is 2. The third kappa shape index (κ3) is 4.68. The third-order valence-electron chi connectivity index (χ3n) is 4.81. The van der Waals surface area contributed by atoms with Crippen molar-refractivity contribution in [3.05, 3.63) is 65.9 Å². The molecule has 0 saturated carbocycles. The molecule has 0 aliphatic carbocycles. The molecule has 1 heterocycles. The highest BCUT2D eigenvalue weighted by molar-refractivity contribution is 6.00. The summed E-state index contributed by atoms with van der Waals surface area (Å²) in [5.74, 6) is 0.0861. The number of amides is 1. The molecular formula is C23H25N3O4. The molecule has 2 aromatic carbocycles. The highest BCUT2D eigenvalue weighted by Gasteiger charge is 2.22. The van der Waals surface area contributed by atoms with E-state index in [0.29, 0.717) is 17.0 Å². The number of benzene rings is 2. The average molecular weight is 407 g/mol. The van der Waals surface area contributed by atoms with Crippen LogP contribution in [0.2, 0.25) is 0 Å². The fraction of sp³-hybridized carbons (Fsp3) is 0.261. The van der Waals surface area contributed by atoms with Crippen LogP contribution in [0.15, 0.2) is 54.7 Å². The molecule has 0 saturated heterocycles. The number of rotatable bonds is 7. The van der Waals surface area contributed by atoms with Gasteiger partial charge < -0.3 is 14.4 Å². The summed E-state index contributed by atoms with van der Waals surface area (Å²) in [5.41, 5.74) is 3.74. The number of ether oxygens (including phenoxy) is 2. The number of carbonyl (C=O) groups excluding carboxylic acids is 2. The van der Waals surface area contributed by atoms with E-state index >= 15 is 0 Å². The van der Waals surface area contributed by atoms with Crippen molar-refractivity contribution in [2.75, 3.05) is 27.8 Å². The number of aryl methyl sites for hydroxylation is 1. The normalized spacial score (nSPS) is 10.5. The van der Waals surface area contributed by atoms with Gasteiger partial charge in [-0.05, 0) is 31.2 Å². The maximum atomic E-state index is 13.2. The highest BCUT2D eigenvalue weighted by atomic mass is 16.5. The van der Waals surface area contributed by atoms with E-state index in [1.54, 1.807) is 25.0 Å². The zero-order valence-corrected chi connectivity index (χ0v) is 17.6. The molecule has 0 bridgehead atoms. The van der Waals surface area contributed by atoms with Crippen molar-refractivity contribution in [1.29, 1.82) is 0 Å². The van der Waals surface area contributed by atoms with Crippen molar-refractivity contribution < 1.29 is 19.1 Å². The molecule has 30 heavy (non-hydrogen) atoms. The van der Waals surface area contributed by atoms with Gasteiger partial charge in [0, 0.05) is 25.4 Å². The summed E-state index contributed by atoms with van der Waals surface area (Å²) >= 11 is 0. The summed E-state index contributed by atoms with van der Waals surface area (Å²) in [4.78, 5) is 26.1. The second-order valence-corrected chi connectivity index (χ2v) is 6.96. The lowest BCUT2D eigenvalue weighted by Gasteiger charge is -2.16. The molecule has 1 amide bonds. The van der Waals surface area contributed by atoms with E-state index in [4.69, 9.17) is 9.84 Å². The minimum atomic E-state index is -0.363. The number of methoxy groups -OCH3 is 2. The second kappa shape index (κ2) is 9.26. The molecule has 7 heteroatoms. The van der Waals surface area contributed by atoms with Crippen LogP contribution in [-0.2, 0) is 9.53 Å². The van der Waals surface area contributed by atoms with E-state index in [1.165, 1.54) is 12.0 Å². The first-order chi connectivity index (χ1) is 14.4. The maximum absolute atomic E-state index is 13.2. The molecule has 0 aliphatic heterocycles. The fourth-order valence-electron chi connectivity index (χ4n) is 3.01. The molecule has 0 spiro atoms. The van der Waals surface area contributed by atoms with E-state index in [9.17, 15) is 9.59 Å². The van der Waals surface area contributed by atoms with Crippen molar-refractivity contribution in [2.45, 2.75) is 13.3 Å². The molecular weight excluding hydrogens is 382 g/mol. The Morgan fingerprint density at radius 1 is 1.10 bits per heavy atom. The van der Waals surface area contributed by atoms with Gasteiger partial charge in [0.2, 0.25) is 0 Å². The minimum absolute atomic E-state index is 0.124. The summed E-state index contributed by atoms with van der Waals surface area (Å²) in [5, 5.41) is 4.69. The largest absolute Gasteiger partial charge is 0.497 e. The quantitative estimate of drug-likeness (QED) is 0.561. The molecule has 7 nitrogen and oxygen atoms in total. The van der Waals surface area contributed by atoms with Gasteiger partial charge in [-0.1, -0.05) is 29.8 Å². The van der Waals surface area contributed by atoms with Gasteiger partial charge >= 0.3 is 5.97 Å². The number of aromatic nitrogens is 2. The standard InChI is InChI=1S/C23H25N3O4/c1-16-8-10-18(11-9-16)26-15-20(23(28)25(2)13-12-21(27)30-4)22(24-26)17-6-5-7-19(14-17)29-3/h5-11,14-15H,12-13H2,1-4H3. The van der Waals surface area contributed by atoms with Crippen LogP contribution in [0.3, 0.4) is 0 Å². The number of hydrogen-bond donors (Lipinski definition) is 0. The molecule has 0 fully saturated rings. The maximum Gasteiger partial charge on any atom is 0.307 e. The van der Waals surface area contributed by atoms with Gasteiger partial charge in [0.25, 0.3) is 5.91 Å². The molecule has 1 aromatic heterocycles. The highest BCUT2D eigenvalue weighted by Crippen LogP contribution is 2.28. The Morgan fingerprint density at radius 3 is 2.50 bits per heavy atom. The van der Waals surface area contributed by atoms with Gasteiger partial charge in [0.15, 0.2) is 0 Å². The first-order valence-corrected chi connectivity index (χ1v) is 9.56. The summed E-state index contributed by atoms with van der Waals surface area (Å²) in [6.45, 7) is 2.26. The van der Waals surface area contributed by atoms with Crippen LogP contribution in [0, 0.1) is 6.92 Å². The van der Waals surface area contributed by atoms with E-state index in [2.05, 4.69) is 4.74 Å². The number of esters is 1. The van der Waals surface area contributed by atoms with Crippen molar-refractivity contribution in [2.24, 2.45) is 0 Å². The van der Waals surface area contributed by atoms with Crippen LogP contribution in [-0.4, -0.2) is 54.4 Å². The van der Waals surface area contributed by atoms with E-state index in [0.717, 1.165) is 16.8 Å². The first kappa shape index (κ1) is 21.1. The summed E-state index contributed by atoms with van der Waals surface area (Å²) in [6.07, 6.45) is 1.84. The lowest BCUT2D eigenvalue weighted by molar-refractivity contribution is -0.140. The molecule has 3 rings (SSSR count). The number of nitrogens with zero attached hydrogens (tertiary/aromatic N) is 3. The first-order valence-electron chi connectivity index (χ1n) is 9.56. The van der Waals surface area contributed by atoms with E-state index < -0.39 is 0 Å². The molecule has 156 valence electrons. The van der Waals surface area contributed by atoms with Gasteiger partial charge in [-0.2, -0.15) is 5.10 Å². The topological polar surface area (TPSA) is 73.7 Å². The predicted molar refractivity (Wildman–Crippen MR) is 114 cm³/mol. The predicted octanol–water partition coefficient (Wildman–Crippen LogP) is 3.49. The lowest BCUT2D eigenvalue weighted by Crippen LogP contribution is -2.29. The van der Waals surface area contributed by atoms with Gasteiger partial charge in [-0.3, -0.25) is 9.59 Å². The van der Waals surface area contributed by atoms with Crippen LogP contribution in [0.4, 0.5) is 0 Å². The van der Waals surface area contributed by atoms with Crippen LogP contribution >= 0.6 is 0 Å². The van der Waals surface area contributed by atoms with Crippen molar-refractivity contribution in [1.82, 2.24) is 14.7 Å². The molecule has 0 aliphatic rings. The van der Waals surface area contributed by atoms with Crippen LogP contribution < -0.4 is 4.74 Å². The van der Waals surface area contributed by atoms with Crippen LogP contribution in [0.5, 0.6) is 5.75 Å². The summed E-state index contributed by atoms with van der Waals surface area (Å²) < 4.78 is 11.7. The minimum Gasteiger partial charge on any atom is -0.497 e. The molecule has 0 atom stereocenters. The lowest BCUT2D eigenvalue weighted by atomic mass is 10.1. The van der Waals surface area contributed by atoms with Gasteiger partial charge in [-0.15, -0.1) is 0 Å². The SMILES string of the molecule is COC(=O)CCN(C)C(=O)c1cn(-c2ccc(C)cc2)nc1-c1cccc(OC)c1. The van der Waals surface area contributed by atoms with E-state index in [1.807, 2.05) is 55.5 Å². The summed E-state index contributed by atoms with van der Waals surface area (Å²) in [7, 11) is 4.58. The van der Waals surface area contributed by atoms with Gasteiger partial charge in [-0.25, -0.2) is 4.68 Å². The Bertz CT molecular complexity index is 1040. The fourth-order valence-corrected chi connectivity index (χ4v) is 3.01. The molecule has 3 aromatic rings. The molecule has 0 unspecified atom stereocenters. The Kier molecular flexibility index (Phi) is 6.51. The van der Waals surface area contributed by atoms with Crippen molar-refractivity contribution in [3.8, 4) is 22.7 Å². The van der Waals surface area contributed by atoms with Crippen molar-refractivity contribution in [3.63, 3.8) is 0 Å². The Labute approximate surface area is 175 Å². The smallest absolute Gasteiger partial charge is 0.307 e. The van der Waals surface area contributed by atoms with Crippen molar-refractivity contribution >= 4 is 11.9 Å². The monoisotopic (exact) mass is 407 g/mol. The van der Waals surface area contributed by atoms with Gasteiger partial charge in [0.05, 0.1) is 31.9 Å². The Balaban J connectivity index is 2.01. The zero-order chi connectivity index (χ0) is 21.7. The second-order valence-electron chi connectivity index (χ2n) is 6.96.